The second-order valence-corrected chi connectivity index (χ2v) is 7.25. The topological polar surface area (TPSA) is 87.2 Å². The van der Waals surface area contributed by atoms with Crippen molar-refractivity contribution in [2.75, 3.05) is 13.6 Å². The lowest BCUT2D eigenvalue weighted by Crippen LogP contribution is -2.43. The highest BCUT2D eigenvalue weighted by atomic mass is 32.2. The van der Waals surface area contributed by atoms with Crippen LogP contribution in [0.4, 0.5) is 0 Å². The average molecular weight is 293 g/mol. The fourth-order valence-corrected chi connectivity index (χ4v) is 3.80. The van der Waals surface area contributed by atoms with Gasteiger partial charge in [-0.05, 0) is 36.5 Å². The Morgan fingerprint density at radius 3 is 2.45 bits per heavy atom. The lowest BCUT2D eigenvalue weighted by molar-refractivity contribution is 0.340. The Labute approximate surface area is 120 Å². The summed E-state index contributed by atoms with van der Waals surface area (Å²) in [4.78, 5) is 0. The Hall–Kier alpha value is -1.42. The molecule has 5 nitrogen and oxygen atoms in total. The van der Waals surface area contributed by atoms with Gasteiger partial charge in [-0.25, -0.2) is 12.7 Å². The number of hydrogen-bond donors (Lipinski definition) is 1. The Kier molecular flexibility index (Phi) is 4.43. The van der Waals surface area contributed by atoms with Crippen molar-refractivity contribution >= 4 is 10.0 Å². The van der Waals surface area contributed by atoms with Gasteiger partial charge in [-0.3, -0.25) is 0 Å². The van der Waals surface area contributed by atoms with Gasteiger partial charge in [0.1, 0.15) is 0 Å². The van der Waals surface area contributed by atoms with Gasteiger partial charge in [-0.1, -0.05) is 12.1 Å². The summed E-state index contributed by atoms with van der Waals surface area (Å²) in [5.74, 6) is 0.346. The first-order chi connectivity index (χ1) is 9.47. The number of nitrogens with zero attached hydrogens (tertiary/aromatic N) is 2. The fourth-order valence-electron chi connectivity index (χ4n) is 2.31. The van der Waals surface area contributed by atoms with E-state index < -0.39 is 10.0 Å². The van der Waals surface area contributed by atoms with Crippen LogP contribution in [0.15, 0.2) is 24.3 Å². The van der Waals surface area contributed by atoms with Crippen LogP contribution >= 0.6 is 0 Å². The van der Waals surface area contributed by atoms with E-state index in [0.717, 1.165) is 12.8 Å². The summed E-state index contributed by atoms with van der Waals surface area (Å²) < 4.78 is 26.2. The molecule has 0 amide bonds. The van der Waals surface area contributed by atoms with Gasteiger partial charge in [0.25, 0.3) is 0 Å². The van der Waals surface area contributed by atoms with Crippen molar-refractivity contribution in [3.63, 3.8) is 0 Å². The zero-order chi connectivity index (χ0) is 14.8. The predicted molar refractivity (Wildman–Crippen MR) is 77.1 cm³/mol. The molecular formula is C14H19N3O2S. The summed E-state index contributed by atoms with van der Waals surface area (Å²) in [6.07, 6.45) is 2.11. The highest BCUT2D eigenvalue weighted by Gasteiger charge is 2.37. The lowest BCUT2D eigenvalue weighted by atomic mass is 10.2. The predicted octanol–water partition coefficient (Wildman–Crippen LogP) is 1.06. The van der Waals surface area contributed by atoms with Crippen molar-refractivity contribution in [1.29, 1.82) is 5.26 Å². The molecule has 0 aromatic heterocycles. The Morgan fingerprint density at radius 2 is 2.00 bits per heavy atom. The summed E-state index contributed by atoms with van der Waals surface area (Å²) in [7, 11) is -1.77. The molecule has 0 radical (unpaired) electrons. The van der Waals surface area contributed by atoms with E-state index >= 15 is 0 Å². The third-order valence-corrected chi connectivity index (χ3v) is 5.59. The second kappa shape index (κ2) is 5.92. The molecule has 2 N–H and O–H groups in total. The summed E-state index contributed by atoms with van der Waals surface area (Å²) >= 11 is 0. The Balaban J connectivity index is 2.11. The molecule has 1 unspecified atom stereocenters. The number of benzene rings is 1. The number of sulfonamides is 1. The number of likely N-dealkylation sites (N-methyl/N-ethyl adjacent to an activating group) is 1. The van der Waals surface area contributed by atoms with Crippen molar-refractivity contribution in [3.05, 3.63) is 35.4 Å². The fraction of sp³-hybridized carbons (Fsp3) is 0.500. The van der Waals surface area contributed by atoms with Gasteiger partial charge in [0.05, 0.1) is 17.4 Å². The van der Waals surface area contributed by atoms with E-state index in [1.165, 1.54) is 4.31 Å². The Bertz CT molecular complexity index is 600. The maximum Gasteiger partial charge on any atom is 0.218 e. The number of rotatable bonds is 6. The molecule has 0 aliphatic heterocycles. The van der Waals surface area contributed by atoms with Gasteiger partial charge in [0.15, 0.2) is 0 Å². The van der Waals surface area contributed by atoms with Crippen LogP contribution in [0.3, 0.4) is 0 Å². The molecule has 2 rings (SSSR count). The van der Waals surface area contributed by atoms with Crippen LogP contribution in [-0.4, -0.2) is 32.4 Å². The first-order valence-electron chi connectivity index (χ1n) is 6.62. The molecule has 1 aromatic rings. The zero-order valence-electron chi connectivity index (χ0n) is 11.5. The van der Waals surface area contributed by atoms with Crippen molar-refractivity contribution in [1.82, 2.24) is 4.31 Å². The Morgan fingerprint density at radius 1 is 1.40 bits per heavy atom. The van der Waals surface area contributed by atoms with Crippen LogP contribution in [0.5, 0.6) is 0 Å². The highest BCUT2D eigenvalue weighted by Crippen LogP contribution is 2.35. The van der Waals surface area contributed by atoms with E-state index in [4.69, 9.17) is 11.0 Å². The molecule has 1 fully saturated rings. The van der Waals surface area contributed by atoms with E-state index in [1.807, 2.05) is 6.07 Å². The quantitative estimate of drug-likeness (QED) is 0.849. The summed E-state index contributed by atoms with van der Waals surface area (Å²) in [5, 5.41) is 8.73. The van der Waals surface area contributed by atoms with Gasteiger partial charge >= 0.3 is 0 Å². The van der Waals surface area contributed by atoms with Crippen molar-refractivity contribution < 1.29 is 8.42 Å². The SMILES string of the molecule is CN(C(CN)C1CC1)S(=O)(=O)Cc1ccc(C#N)cc1. The molecule has 6 heteroatoms. The molecular weight excluding hydrogens is 274 g/mol. The third kappa shape index (κ3) is 3.37. The van der Waals surface area contributed by atoms with Crippen LogP contribution in [0.1, 0.15) is 24.0 Å². The molecule has 1 aromatic carbocycles. The van der Waals surface area contributed by atoms with Crippen molar-refractivity contribution in [2.24, 2.45) is 11.7 Å². The van der Waals surface area contributed by atoms with E-state index in [9.17, 15) is 8.42 Å². The van der Waals surface area contributed by atoms with E-state index in [1.54, 1.807) is 31.3 Å². The largest absolute Gasteiger partial charge is 0.329 e. The summed E-state index contributed by atoms with van der Waals surface area (Å²) in [6.45, 7) is 0.355. The maximum absolute atomic E-state index is 12.4. The maximum atomic E-state index is 12.4. The molecule has 108 valence electrons. The standard InChI is InChI=1S/C14H19N3O2S/c1-17(14(9-16)13-6-7-13)20(18,19)10-12-4-2-11(8-15)3-5-12/h2-5,13-14H,6-7,9-10,16H2,1H3. The lowest BCUT2D eigenvalue weighted by Gasteiger charge is -2.26. The van der Waals surface area contributed by atoms with Crippen molar-refractivity contribution in [2.45, 2.75) is 24.6 Å². The van der Waals surface area contributed by atoms with E-state index in [-0.39, 0.29) is 11.8 Å². The van der Waals surface area contributed by atoms with Crippen LogP contribution < -0.4 is 5.73 Å². The average Bonchev–Trinajstić information content (AvgIpc) is 3.24. The van der Waals surface area contributed by atoms with Gasteiger partial charge in [0.2, 0.25) is 10.0 Å². The zero-order valence-corrected chi connectivity index (χ0v) is 12.3. The normalized spacial score (nSPS) is 16.9. The van der Waals surface area contributed by atoms with Crippen LogP contribution in [0, 0.1) is 17.2 Å². The first kappa shape index (κ1) is 15.0. The minimum Gasteiger partial charge on any atom is -0.329 e. The van der Waals surface area contributed by atoms with Crippen LogP contribution in [0.2, 0.25) is 0 Å². The molecule has 1 aliphatic rings. The number of hydrogen-bond acceptors (Lipinski definition) is 4. The monoisotopic (exact) mass is 293 g/mol. The van der Waals surface area contributed by atoms with Crippen LogP contribution in [0.25, 0.3) is 0 Å². The molecule has 1 atom stereocenters. The summed E-state index contributed by atoms with van der Waals surface area (Å²) in [5.41, 5.74) is 6.91. The van der Waals surface area contributed by atoms with E-state index in [0.29, 0.717) is 23.6 Å². The smallest absolute Gasteiger partial charge is 0.218 e. The van der Waals surface area contributed by atoms with Gasteiger partial charge in [-0.2, -0.15) is 5.26 Å². The molecule has 0 saturated heterocycles. The summed E-state index contributed by atoms with van der Waals surface area (Å²) in [6, 6.07) is 8.54. The molecule has 1 aliphatic carbocycles. The molecule has 0 bridgehead atoms. The third-order valence-electron chi connectivity index (χ3n) is 3.75. The first-order valence-corrected chi connectivity index (χ1v) is 8.23. The van der Waals surface area contributed by atoms with Crippen molar-refractivity contribution in [3.8, 4) is 6.07 Å². The van der Waals surface area contributed by atoms with Gasteiger partial charge in [0, 0.05) is 19.6 Å². The van der Waals surface area contributed by atoms with Crippen LogP contribution in [-0.2, 0) is 15.8 Å². The highest BCUT2D eigenvalue weighted by molar-refractivity contribution is 7.88. The number of nitrogens with two attached hydrogens (primary N) is 1. The van der Waals surface area contributed by atoms with Gasteiger partial charge in [-0.15, -0.1) is 0 Å². The number of nitriles is 1. The molecule has 20 heavy (non-hydrogen) atoms. The molecule has 0 heterocycles. The second-order valence-electron chi connectivity index (χ2n) is 5.22. The molecule has 1 saturated carbocycles. The van der Waals surface area contributed by atoms with Gasteiger partial charge < -0.3 is 5.73 Å². The minimum absolute atomic E-state index is 0.0571. The minimum atomic E-state index is -3.38. The van der Waals surface area contributed by atoms with E-state index in [2.05, 4.69) is 0 Å². The molecule has 0 spiro atoms.